The lowest BCUT2D eigenvalue weighted by Crippen LogP contribution is -2.16. The standard InChI is InChI=1S/C27H23ClN6O3/c28-19-6-9-23(22(12-19)27(37)33-20-7-4-16(5-8-20)26(30)31)32-13-17-2-1-3-21-18(10-11-29)14-34(25(17)21)15-24(35)36/h1-9,12,14,32H,10,13,15H2,(H3,30,31)(H,33,37)(H,35,36). The summed E-state index contributed by atoms with van der Waals surface area (Å²) in [6, 6.07) is 19.2. The number of hydrogen-bond acceptors (Lipinski definition) is 5. The summed E-state index contributed by atoms with van der Waals surface area (Å²) in [7, 11) is 0. The highest BCUT2D eigenvalue weighted by atomic mass is 35.5. The fourth-order valence-corrected chi connectivity index (χ4v) is 4.30. The molecule has 37 heavy (non-hydrogen) atoms. The van der Waals surface area contributed by atoms with Crippen molar-refractivity contribution in [1.82, 2.24) is 4.57 Å². The number of carboxylic acid groups (broad SMARTS) is 1. The molecule has 0 bridgehead atoms. The van der Waals surface area contributed by atoms with Gasteiger partial charge in [0.15, 0.2) is 0 Å². The van der Waals surface area contributed by atoms with Gasteiger partial charge in [-0.1, -0.05) is 29.8 Å². The maximum Gasteiger partial charge on any atom is 0.323 e. The average molecular weight is 515 g/mol. The number of halogens is 1. The molecular formula is C27H23ClN6O3. The van der Waals surface area contributed by atoms with Gasteiger partial charge in [-0.05, 0) is 53.6 Å². The minimum atomic E-state index is -0.990. The van der Waals surface area contributed by atoms with Crippen LogP contribution in [0.4, 0.5) is 11.4 Å². The lowest BCUT2D eigenvalue weighted by molar-refractivity contribution is -0.137. The number of nitriles is 1. The Labute approximate surface area is 217 Å². The van der Waals surface area contributed by atoms with E-state index in [-0.39, 0.29) is 24.7 Å². The van der Waals surface area contributed by atoms with Gasteiger partial charge in [0.25, 0.3) is 5.91 Å². The molecular weight excluding hydrogens is 492 g/mol. The number of nitrogens with one attached hydrogen (secondary N) is 3. The average Bonchev–Trinajstić information content (AvgIpc) is 3.20. The molecule has 186 valence electrons. The number of para-hydroxylation sites is 1. The predicted molar refractivity (Wildman–Crippen MR) is 143 cm³/mol. The van der Waals surface area contributed by atoms with Crippen LogP contribution in [-0.2, 0) is 24.3 Å². The van der Waals surface area contributed by atoms with E-state index in [0.717, 1.165) is 16.5 Å². The molecule has 0 aliphatic rings. The number of carbonyl (C=O) groups excluding carboxylic acids is 1. The molecule has 4 aromatic rings. The topological polar surface area (TPSA) is 157 Å². The molecule has 1 amide bonds. The van der Waals surface area contributed by atoms with Crippen molar-refractivity contribution in [3.8, 4) is 6.07 Å². The lowest BCUT2D eigenvalue weighted by atomic mass is 10.1. The third kappa shape index (κ3) is 5.72. The zero-order valence-corrected chi connectivity index (χ0v) is 20.3. The molecule has 10 heteroatoms. The molecule has 1 heterocycles. The van der Waals surface area contributed by atoms with E-state index in [1.807, 2.05) is 18.2 Å². The van der Waals surface area contributed by atoms with E-state index < -0.39 is 5.97 Å². The highest BCUT2D eigenvalue weighted by molar-refractivity contribution is 6.31. The molecule has 0 unspecified atom stereocenters. The van der Waals surface area contributed by atoms with Gasteiger partial charge < -0.3 is 26.0 Å². The summed E-state index contributed by atoms with van der Waals surface area (Å²) in [5.74, 6) is -1.44. The van der Waals surface area contributed by atoms with E-state index in [1.54, 1.807) is 53.2 Å². The van der Waals surface area contributed by atoms with Crippen LogP contribution in [0.3, 0.4) is 0 Å². The van der Waals surface area contributed by atoms with Crippen molar-refractivity contribution in [3.05, 3.63) is 94.1 Å². The van der Waals surface area contributed by atoms with Crippen LogP contribution in [-0.4, -0.2) is 27.4 Å². The van der Waals surface area contributed by atoms with Crippen LogP contribution in [0.2, 0.25) is 5.02 Å². The number of nitrogens with two attached hydrogens (primary N) is 1. The smallest absolute Gasteiger partial charge is 0.323 e. The number of carboxylic acids is 1. The number of nitrogen functional groups attached to an aromatic ring is 1. The van der Waals surface area contributed by atoms with Gasteiger partial charge in [-0.15, -0.1) is 0 Å². The monoisotopic (exact) mass is 514 g/mol. The summed E-state index contributed by atoms with van der Waals surface area (Å²) in [4.78, 5) is 24.6. The highest BCUT2D eigenvalue weighted by Crippen LogP contribution is 2.28. The molecule has 0 aliphatic carbocycles. The SMILES string of the molecule is N#CCc1cn(CC(=O)O)c2c(CNc3ccc(Cl)cc3C(=O)Nc3ccc(C(=N)N)cc3)cccc12. The number of fused-ring (bicyclic) bond motifs is 1. The largest absolute Gasteiger partial charge is 0.480 e. The Kier molecular flexibility index (Phi) is 7.41. The van der Waals surface area contributed by atoms with Crippen LogP contribution < -0.4 is 16.4 Å². The Morgan fingerprint density at radius 1 is 1.11 bits per heavy atom. The van der Waals surface area contributed by atoms with Gasteiger partial charge in [0, 0.05) is 40.1 Å². The Morgan fingerprint density at radius 3 is 2.54 bits per heavy atom. The van der Waals surface area contributed by atoms with Gasteiger partial charge in [-0.25, -0.2) is 0 Å². The molecule has 0 radical (unpaired) electrons. The number of aromatic nitrogens is 1. The normalized spacial score (nSPS) is 10.6. The van der Waals surface area contributed by atoms with Crippen LogP contribution in [0.1, 0.15) is 27.0 Å². The summed E-state index contributed by atoms with van der Waals surface area (Å²) >= 11 is 6.19. The van der Waals surface area contributed by atoms with Crippen molar-refractivity contribution in [1.29, 1.82) is 10.7 Å². The van der Waals surface area contributed by atoms with Gasteiger partial charge >= 0.3 is 5.97 Å². The molecule has 0 saturated carbocycles. The zero-order valence-electron chi connectivity index (χ0n) is 19.6. The third-order valence-electron chi connectivity index (χ3n) is 5.79. The van der Waals surface area contributed by atoms with Gasteiger partial charge in [-0.2, -0.15) is 5.26 Å². The van der Waals surface area contributed by atoms with Crippen LogP contribution in [0.5, 0.6) is 0 Å². The second-order valence-corrected chi connectivity index (χ2v) is 8.75. The van der Waals surface area contributed by atoms with E-state index in [0.29, 0.717) is 39.6 Å². The van der Waals surface area contributed by atoms with Crippen LogP contribution in [0.25, 0.3) is 10.9 Å². The Bertz CT molecular complexity index is 1550. The lowest BCUT2D eigenvalue weighted by Gasteiger charge is -2.15. The number of hydrogen-bond donors (Lipinski definition) is 5. The first kappa shape index (κ1) is 25.3. The Balaban J connectivity index is 1.62. The van der Waals surface area contributed by atoms with E-state index >= 15 is 0 Å². The van der Waals surface area contributed by atoms with Gasteiger partial charge in [0.2, 0.25) is 0 Å². The summed E-state index contributed by atoms with van der Waals surface area (Å²) in [5.41, 5.74) is 9.69. The van der Waals surface area contributed by atoms with Crippen LogP contribution in [0, 0.1) is 16.7 Å². The molecule has 3 aromatic carbocycles. The summed E-state index contributed by atoms with van der Waals surface area (Å²) in [6.45, 7) is 0.0537. The third-order valence-corrected chi connectivity index (χ3v) is 6.02. The second-order valence-electron chi connectivity index (χ2n) is 8.31. The quantitative estimate of drug-likeness (QED) is 0.162. The number of aliphatic carboxylic acids is 1. The van der Waals surface area contributed by atoms with E-state index in [4.69, 9.17) is 22.7 Å². The zero-order chi connectivity index (χ0) is 26.5. The number of rotatable bonds is 9. The molecule has 0 saturated heterocycles. The first-order valence-corrected chi connectivity index (χ1v) is 11.6. The maximum absolute atomic E-state index is 13.1. The first-order valence-electron chi connectivity index (χ1n) is 11.2. The second kappa shape index (κ2) is 10.8. The maximum atomic E-state index is 13.1. The molecule has 9 nitrogen and oxygen atoms in total. The van der Waals surface area contributed by atoms with E-state index in [9.17, 15) is 20.0 Å². The van der Waals surface area contributed by atoms with Gasteiger partial charge in [0.05, 0.1) is 23.6 Å². The first-order chi connectivity index (χ1) is 17.8. The summed E-state index contributed by atoms with van der Waals surface area (Å²) < 4.78 is 1.63. The molecule has 0 spiro atoms. The van der Waals surface area contributed by atoms with Crippen LogP contribution in [0.15, 0.2) is 66.9 Å². The van der Waals surface area contributed by atoms with Crippen molar-refractivity contribution >= 4 is 51.6 Å². The van der Waals surface area contributed by atoms with Crippen molar-refractivity contribution in [2.45, 2.75) is 19.5 Å². The minimum absolute atomic E-state index is 0.0662. The molecule has 6 N–H and O–H groups in total. The molecule has 1 aromatic heterocycles. The number of anilines is 2. The van der Waals surface area contributed by atoms with Gasteiger partial charge in [-0.3, -0.25) is 15.0 Å². The number of amides is 1. The van der Waals surface area contributed by atoms with Crippen LogP contribution >= 0.6 is 11.6 Å². The predicted octanol–water partition coefficient (Wildman–Crippen LogP) is 4.59. The molecule has 0 fully saturated rings. The summed E-state index contributed by atoms with van der Waals surface area (Å²) in [6.07, 6.45) is 1.86. The van der Waals surface area contributed by atoms with Crippen molar-refractivity contribution in [3.63, 3.8) is 0 Å². The summed E-state index contributed by atoms with van der Waals surface area (Å²) in [5, 5.41) is 33.3. The van der Waals surface area contributed by atoms with E-state index in [1.165, 1.54) is 0 Å². The molecule has 4 rings (SSSR count). The number of benzene rings is 3. The van der Waals surface area contributed by atoms with Crippen molar-refractivity contribution < 1.29 is 14.7 Å². The van der Waals surface area contributed by atoms with Crippen molar-refractivity contribution in [2.75, 3.05) is 10.6 Å². The molecule has 0 aliphatic heterocycles. The van der Waals surface area contributed by atoms with Gasteiger partial charge in [0.1, 0.15) is 12.4 Å². The minimum Gasteiger partial charge on any atom is -0.480 e. The Hall–Kier alpha value is -4.81. The fourth-order valence-electron chi connectivity index (χ4n) is 4.13. The fraction of sp³-hybridized carbons (Fsp3) is 0.111. The molecule has 0 atom stereocenters. The van der Waals surface area contributed by atoms with E-state index in [2.05, 4.69) is 16.7 Å². The number of nitrogens with zero attached hydrogens (tertiary/aromatic N) is 2. The number of amidine groups is 1. The highest BCUT2D eigenvalue weighted by Gasteiger charge is 2.16. The number of carbonyl (C=O) groups is 2. The Morgan fingerprint density at radius 2 is 1.86 bits per heavy atom. The van der Waals surface area contributed by atoms with Crippen molar-refractivity contribution in [2.24, 2.45) is 5.73 Å².